The number of carboxylic acids is 1. The fraction of sp³-hybridized carbons (Fsp3) is 0.690. The highest BCUT2D eigenvalue weighted by molar-refractivity contribution is 5.75. The van der Waals surface area contributed by atoms with Crippen LogP contribution in [0.5, 0.6) is 0 Å². The van der Waals surface area contributed by atoms with Crippen molar-refractivity contribution in [2.75, 3.05) is 0 Å². The van der Waals surface area contributed by atoms with Crippen LogP contribution in [-0.4, -0.2) is 33.5 Å². The molecule has 0 heterocycles. The highest BCUT2D eigenvalue weighted by Gasteiger charge is 2.42. The van der Waals surface area contributed by atoms with E-state index < -0.39 is 11.9 Å². The number of unbranched alkanes of at least 4 members (excludes halogenated alkanes) is 3. The molecule has 4 nitrogen and oxygen atoms in total. The summed E-state index contributed by atoms with van der Waals surface area (Å²) in [7, 11) is 0. The van der Waals surface area contributed by atoms with Crippen molar-refractivity contribution in [1.82, 2.24) is 0 Å². The van der Waals surface area contributed by atoms with Crippen LogP contribution in [0.1, 0.15) is 102 Å². The highest BCUT2D eigenvalue weighted by atomic mass is 16.4. The third-order valence-corrected chi connectivity index (χ3v) is 8.42. The number of benzene rings is 1. The zero-order chi connectivity index (χ0) is 23.7. The molecule has 4 heteroatoms. The quantitative estimate of drug-likeness (QED) is 0.221. The molecule has 2 aliphatic carbocycles. The standard InChI is InChI=1S/C29H44O4/c1-2-3-19-29(20-10-21-29)27(31)18-16-23-15-17-26(30)24(23)13-8-5-9-14-25(28(32)33)22-11-6-4-7-12-22/h4,6-7,11-12,16,18,23-27,30-31H,2-3,5,8-10,13-15,17,19-21H2,1H3,(H,32,33)/t23-,24-,25?,26+,27?/m1/s1. The van der Waals surface area contributed by atoms with E-state index in [4.69, 9.17) is 0 Å². The number of hydrogen-bond donors (Lipinski definition) is 3. The molecule has 184 valence electrons. The molecule has 1 aromatic carbocycles. The van der Waals surface area contributed by atoms with Crippen LogP contribution in [0.15, 0.2) is 42.5 Å². The van der Waals surface area contributed by atoms with Gasteiger partial charge < -0.3 is 15.3 Å². The number of aliphatic hydroxyl groups is 2. The van der Waals surface area contributed by atoms with E-state index in [1.165, 1.54) is 19.3 Å². The van der Waals surface area contributed by atoms with Gasteiger partial charge in [0.25, 0.3) is 0 Å². The van der Waals surface area contributed by atoms with Gasteiger partial charge in [-0.05, 0) is 67.8 Å². The summed E-state index contributed by atoms with van der Waals surface area (Å²) < 4.78 is 0. The first-order chi connectivity index (χ1) is 16.0. The van der Waals surface area contributed by atoms with Crippen molar-refractivity contribution in [1.29, 1.82) is 0 Å². The second-order valence-electron chi connectivity index (χ2n) is 10.6. The van der Waals surface area contributed by atoms with E-state index >= 15 is 0 Å². The van der Waals surface area contributed by atoms with Crippen LogP contribution in [0.3, 0.4) is 0 Å². The number of aliphatic carboxylic acids is 1. The van der Waals surface area contributed by atoms with E-state index in [-0.39, 0.29) is 23.5 Å². The van der Waals surface area contributed by atoms with Crippen molar-refractivity contribution in [3.63, 3.8) is 0 Å². The normalized spacial score (nSPS) is 26.2. The number of rotatable bonds is 14. The molecule has 0 radical (unpaired) electrons. The van der Waals surface area contributed by atoms with E-state index in [9.17, 15) is 20.1 Å². The summed E-state index contributed by atoms with van der Waals surface area (Å²) in [5, 5.41) is 31.0. The van der Waals surface area contributed by atoms with Crippen LogP contribution < -0.4 is 0 Å². The Kier molecular flexibility index (Phi) is 10.0. The van der Waals surface area contributed by atoms with Crippen molar-refractivity contribution in [2.24, 2.45) is 17.3 Å². The second-order valence-corrected chi connectivity index (χ2v) is 10.6. The van der Waals surface area contributed by atoms with E-state index in [0.29, 0.717) is 12.3 Å². The van der Waals surface area contributed by atoms with E-state index in [2.05, 4.69) is 13.0 Å². The van der Waals surface area contributed by atoms with Crippen molar-refractivity contribution >= 4 is 5.97 Å². The smallest absolute Gasteiger partial charge is 0.310 e. The minimum absolute atomic E-state index is 0.0959. The monoisotopic (exact) mass is 456 g/mol. The maximum absolute atomic E-state index is 11.7. The highest BCUT2D eigenvalue weighted by Crippen LogP contribution is 2.48. The van der Waals surface area contributed by atoms with Gasteiger partial charge in [-0.25, -0.2) is 0 Å². The molecule has 0 amide bonds. The van der Waals surface area contributed by atoms with Gasteiger partial charge in [0.05, 0.1) is 18.1 Å². The van der Waals surface area contributed by atoms with E-state index in [1.54, 1.807) is 0 Å². The van der Waals surface area contributed by atoms with Gasteiger partial charge in [0, 0.05) is 0 Å². The Morgan fingerprint density at radius 2 is 1.88 bits per heavy atom. The number of aliphatic hydroxyl groups excluding tert-OH is 2. The van der Waals surface area contributed by atoms with Gasteiger partial charge in [-0.3, -0.25) is 4.79 Å². The van der Waals surface area contributed by atoms with E-state index in [0.717, 1.165) is 63.4 Å². The summed E-state index contributed by atoms with van der Waals surface area (Å²) in [6, 6.07) is 9.50. The lowest BCUT2D eigenvalue weighted by atomic mass is 9.62. The minimum Gasteiger partial charge on any atom is -0.481 e. The topological polar surface area (TPSA) is 77.8 Å². The molecule has 3 rings (SSSR count). The van der Waals surface area contributed by atoms with Crippen molar-refractivity contribution in [3.05, 3.63) is 48.0 Å². The molecule has 5 atom stereocenters. The van der Waals surface area contributed by atoms with Gasteiger partial charge in [-0.2, -0.15) is 0 Å². The molecule has 0 aromatic heterocycles. The summed E-state index contributed by atoms with van der Waals surface area (Å²) in [5.74, 6) is -0.591. The van der Waals surface area contributed by atoms with Crippen LogP contribution >= 0.6 is 0 Å². The molecule has 0 bridgehead atoms. The summed E-state index contributed by atoms with van der Waals surface area (Å²) in [6.45, 7) is 2.21. The molecule has 2 aliphatic rings. The van der Waals surface area contributed by atoms with Crippen LogP contribution in [0.25, 0.3) is 0 Å². The first-order valence-corrected chi connectivity index (χ1v) is 13.3. The third-order valence-electron chi connectivity index (χ3n) is 8.42. The fourth-order valence-electron chi connectivity index (χ4n) is 6.05. The number of allylic oxidation sites excluding steroid dienone is 1. The summed E-state index contributed by atoms with van der Waals surface area (Å²) in [4.78, 5) is 11.7. The lowest BCUT2D eigenvalue weighted by molar-refractivity contribution is -0.139. The Labute approximate surface area is 200 Å². The lowest BCUT2D eigenvalue weighted by Gasteiger charge is -2.45. The van der Waals surface area contributed by atoms with Crippen molar-refractivity contribution in [2.45, 2.75) is 109 Å². The van der Waals surface area contributed by atoms with Crippen LogP contribution in [0, 0.1) is 17.3 Å². The largest absolute Gasteiger partial charge is 0.481 e. The van der Waals surface area contributed by atoms with Gasteiger partial charge >= 0.3 is 5.97 Å². The molecule has 0 spiro atoms. The number of carboxylic acid groups (broad SMARTS) is 1. The fourth-order valence-corrected chi connectivity index (χ4v) is 6.05. The maximum Gasteiger partial charge on any atom is 0.310 e. The zero-order valence-electron chi connectivity index (χ0n) is 20.4. The maximum atomic E-state index is 11.7. The number of hydrogen-bond acceptors (Lipinski definition) is 3. The Bertz CT molecular complexity index is 739. The molecule has 2 saturated carbocycles. The molecule has 3 N–H and O–H groups in total. The van der Waals surface area contributed by atoms with Gasteiger partial charge in [0.2, 0.25) is 0 Å². The summed E-state index contributed by atoms with van der Waals surface area (Å²) in [5.41, 5.74) is 0.974. The minimum atomic E-state index is -0.751. The lowest BCUT2D eigenvalue weighted by Crippen LogP contribution is -2.40. The average molecular weight is 457 g/mol. The average Bonchev–Trinajstić information content (AvgIpc) is 3.13. The van der Waals surface area contributed by atoms with Crippen LogP contribution in [-0.2, 0) is 4.79 Å². The molecule has 2 unspecified atom stereocenters. The summed E-state index contributed by atoms with van der Waals surface area (Å²) >= 11 is 0. The van der Waals surface area contributed by atoms with Gasteiger partial charge in [0.15, 0.2) is 0 Å². The first-order valence-electron chi connectivity index (χ1n) is 13.3. The first kappa shape index (κ1) is 26.0. The van der Waals surface area contributed by atoms with Crippen LogP contribution in [0.4, 0.5) is 0 Å². The Hall–Kier alpha value is -1.65. The molecule has 1 aromatic rings. The molecule has 2 fully saturated rings. The predicted molar refractivity (Wildman–Crippen MR) is 133 cm³/mol. The molecule has 0 saturated heterocycles. The third kappa shape index (κ3) is 6.93. The molecular formula is C29H44O4. The van der Waals surface area contributed by atoms with Gasteiger partial charge in [0.1, 0.15) is 0 Å². The molecule has 33 heavy (non-hydrogen) atoms. The van der Waals surface area contributed by atoms with Crippen molar-refractivity contribution in [3.8, 4) is 0 Å². The second kappa shape index (κ2) is 12.7. The van der Waals surface area contributed by atoms with E-state index in [1.807, 2.05) is 36.4 Å². The Morgan fingerprint density at radius 1 is 1.12 bits per heavy atom. The Balaban J connectivity index is 1.45. The van der Waals surface area contributed by atoms with Gasteiger partial charge in [-0.1, -0.05) is 87.9 Å². The summed E-state index contributed by atoms with van der Waals surface area (Å²) in [6.07, 6.45) is 16.9. The number of carbonyl (C=O) groups is 1. The predicted octanol–water partition coefficient (Wildman–Crippen LogP) is 6.47. The zero-order valence-corrected chi connectivity index (χ0v) is 20.4. The van der Waals surface area contributed by atoms with Gasteiger partial charge in [-0.15, -0.1) is 0 Å². The SMILES string of the molecule is CCCCC1(C(O)C=C[C@H]2CC[C@H](O)[C@@H]2CCCCCC(C(=O)O)c2ccccc2)CCC1. The van der Waals surface area contributed by atoms with Crippen molar-refractivity contribution < 1.29 is 20.1 Å². The van der Waals surface area contributed by atoms with Crippen LogP contribution in [0.2, 0.25) is 0 Å². The molecular weight excluding hydrogens is 412 g/mol. The Morgan fingerprint density at radius 3 is 2.52 bits per heavy atom. The molecule has 0 aliphatic heterocycles.